The molecule has 2 aliphatic rings. The van der Waals surface area contributed by atoms with Gasteiger partial charge < -0.3 is 28.3 Å². The molecule has 2 aliphatic heterocycles. The van der Waals surface area contributed by atoms with E-state index >= 15 is 0 Å². The van der Waals surface area contributed by atoms with Gasteiger partial charge in [0.05, 0.1) is 12.3 Å². The van der Waals surface area contributed by atoms with Gasteiger partial charge in [0.25, 0.3) is 5.22 Å². The van der Waals surface area contributed by atoms with Crippen molar-refractivity contribution in [2.24, 2.45) is 0 Å². The van der Waals surface area contributed by atoms with Crippen molar-refractivity contribution in [3.63, 3.8) is 0 Å². The molecular weight excluding hydrogens is 422 g/mol. The molecule has 160 valence electrons. The van der Waals surface area contributed by atoms with Gasteiger partial charge in [0.1, 0.15) is 6.61 Å². The van der Waals surface area contributed by atoms with Gasteiger partial charge in [-0.2, -0.15) is 0 Å². The number of hydrogen-bond donors (Lipinski definition) is 0. The standard InChI is InChI=1S/C21H19N3O6S/c1-24(9-14-10-26-15-4-2-3-5-17(15)29-14)19(25)11-31-21-23-22-20(30-21)13-6-7-16-18(8-13)28-12-27-16/h2-8,14H,9-12H2,1H3/t14-/m1/s1. The molecule has 0 fully saturated rings. The summed E-state index contributed by atoms with van der Waals surface area (Å²) in [5, 5.41) is 8.39. The fourth-order valence-electron chi connectivity index (χ4n) is 3.21. The Hall–Kier alpha value is -3.40. The molecule has 0 aliphatic carbocycles. The monoisotopic (exact) mass is 441 g/mol. The third-order valence-electron chi connectivity index (χ3n) is 4.82. The summed E-state index contributed by atoms with van der Waals surface area (Å²) in [4.78, 5) is 14.1. The fraction of sp³-hybridized carbons (Fsp3) is 0.286. The lowest BCUT2D eigenvalue weighted by atomic mass is 10.2. The molecule has 10 heteroatoms. The van der Waals surface area contributed by atoms with Gasteiger partial charge in [-0.15, -0.1) is 10.2 Å². The summed E-state index contributed by atoms with van der Waals surface area (Å²) in [7, 11) is 1.73. The minimum Gasteiger partial charge on any atom is -0.486 e. The Morgan fingerprint density at radius 2 is 1.87 bits per heavy atom. The van der Waals surface area contributed by atoms with E-state index in [1.807, 2.05) is 30.3 Å². The second-order valence-electron chi connectivity index (χ2n) is 7.00. The summed E-state index contributed by atoms with van der Waals surface area (Å²) < 4.78 is 28.0. The molecule has 0 unspecified atom stereocenters. The molecule has 5 rings (SSSR count). The van der Waals surface area contributed by atoms with Crippen LogP contribution >= 0.6 is 11.8 Å². The first kappa shape index (κ1) is 19.6. The SMILES string of the molecule is CN(C[C@@H]1COc2ccccc2O1)C(=O)CSc1nnc(-c2ccc3c(c2)OCO3)o1. The summed E-state index contributed by atoms with van der Waals surface area (Å²) in [6, 6.07) is 12.9. The number of hydrogen-bond acceptors (Lipinski definition) is 9. The number of carbonyl (C=O) groups is 1. The second kappa shape index (κ2) is 8.38. The van der Waals surface area contributed by atoms with Crippen LogP contribution in [0.3, 0.4) is 0 Å². The molecule has 1 aromatic heterocycles. The first-order chi connectivity index (χ1) is 15.2. The van der Waals surface area contributed by atoms with Gasteiger partial charge in [0.2, 0.25) is 18.6 Å². The number of amides is 1. The molecule has 2 aromatic carbocycles. The van der Waals surface area contributed by atoms with Crippen LogP contribution in [-0.2, 0) is 4.79 Å². The van der Waals surface area contributed by atoms with Gasteiger partial charge in [0, 0.05) is 12.6 Å². The summed E-state index contributed by atoms with van der Waals surface area (Å²) >= 11 is 1.19. The molecule has 0 N–H and O–H groups in total. The van der Waals surface area contributed by atoms with Crippen LogP contribution in [0, 0.1) is 0 Å². The summed E-state index contributed by atoms with van der Waals surface area (Å²) in [6.07, 6.45) is -0.227. The van der Waals surface area contributed by atoms with E-state index < -0.39 is 0 Å². The summed E-state index contributed by atoms with van der Waals surface area (Å²) in [5.74, 6) is 3.18. The van der Waals surface area contributed by atoms with E-state index in [-0.39, 0.29) is 24.6 Å². The summed E-state index contributed by atoms with van der Waals surface area (Å²) in [5.41, 5.74) is 0.724. The van der Waals surface area contributed by atoms with Crippen LogP contribution in [-0.4, -0.2) is 59.9 Å². The molecule has 3 heterocycles. The number of benzene rings is 2. The number of ether oxygens (including phenoxy) is 4. The van der Waals surface area contributed by atoms with Crippen molar-refractivity contribution in [2.45, 2.75) is 11.3 Å². The third-order valence-corrected chi connectivity index (χ3v) is 5.62. The molecule has 9 nitrogen and oxygen atoms in total. The number of rotatable bonds is 6. The van der Waals surface area contributed by atoms with Gasteiger partial charge in [-0.05, 0) is 30.3 Å². The van der Waals surface area contributed by atoms with Crippen molar-refractivity contribution in [3.8, 4) is 34.5 Å². The molecule has 0 saturated carbocycles. The maximum Gasteiger partial charge on any atom is 0.277 e. The van der Waals surface area contributed by atoms with Crippen LogP contribution in [0.2, 0.25) is 0 Å². The zero-order chi connectivity index (χ0) is 21.2. The Kier molecular flexibility index (Phi) is 5.29. The van der Waals surface area contributed by atoms with Crippen LogP contribution in [0.25, 0.3) is 11.5 Å². The molecule has 0 spiro atoms. The number of carbonyl (C=O) groups excluding carboxylic acids is 1. The zero-order valence-electron chi connectivity index (χ0n) is 16.6. The van der Waals surface area contributed by atoms with Gasteiger partial charge in [0.15, 0.2) is 29.1 Å². The summed E-state index contributed by atoms with van der Waals surface area (Å²) in [6.45, 7) is 1.01. The largest absolute Gasteiger partial charge is 0.486 e. The first-order valence-electron chi connectivity index (χ1n) is 9.64. The van der Waals surface area contributed by atoms with Crippen molar-refractivity contribution in [3.05, 3.63) is 42.5 Å². The maximum atomic E-state index is 12.5. The van der Waals surface area contributed by atoms with Crippen molar-refractivity contribution in [1.29, 1.82) is 0 Å². The van der Waals surface area contributed by atoms with Crippen molar-refractivity contribution in [2.75, 3.05) is 32.7 Å². The Bertz CT molecular complexity index is 1100. The smallest absolute Gasteiger partial charge is 0.277 e. The Morgan fingerprint density at radius 1 is 1.06 bits per heavy atom. The van der Waals surface area contributed by atoms with Crippen LogP contribution < -0.4 is 18.9 Å². The molecule has 0 radical (unpaired) electrons. The van der Waals surface area contributed by atoms with Crippen LogP contribution in [0.1, 0.15) is 0 Å². The van der Waals surface area contributed by atoms with Gasteiger partial charge in [-0.3, -0.25) is 4.79 Å². The highest BCUT2D eigenvalue weighted by molar-refractivity contribution is 7.99. The molecule has 3 aromatic rings. The Morgan fingerprint density at radius 3 is 2.77 bits per heavy atom. The molecule has 0 bridgehead atoms. The average Bonchev–Trinajstić information content (AvgIpc) is 3.46. The van der Waals surface area contributed by atoms with Gasteiger partial charge in [-0.25, -0.2) is 0 Å². The van der Waals surface area contributed by atoms with E-state index in [1.165, 1.54) is 11.8 Å². The van der Waals surface area contributed by atoms with E-state index in [0.29, 0.717) is 41.5 Å². The van der Waals surface area contributed by atoms with Crippen LogP contribution in [0.15, 0.2) is 52.1 Å². The number of thioether (sulfide) groups is 1. The lowest BCUT2D eigenvalue weighted by molar-refractivity contribution is -0.128. The number of likely N-dealkylation sites (N-methyl/N-ethyl adjacent to an activating group) is 1. The highest BCUT2D eigenvalue weighted by Crippen LogP contribution is 2.36. The minimum absolute atomic E-state index is 0.0738. The predicted molar refractivity (Wildman–Crippen MR) is 111 cm³/mol. The minimum atomic E-state index is -0.227. The zero-order valence-corrected chi connectivity index (χ0v) is 17.5. The first-order valence-corrected chi connectivity index (χ1v) is 10.6. The van der Waals surface area contributed by atoms with Crippen molar-refractivity contribution < 1.29 is 28.2 Å². The van der Waals surface area contributed by atoms with E-state index in [4.69, 9.17) is 23.4 Å². The second-order valence-corrected chi connectivity index (χ2v) is 7.93. The molecule has 0 saturated heterocycles. The number of para-hydroxylation sites is 2. The topological polar surface area (TPSA) is 96.2 Å². The number of aromatic nitrogens is 2. The Balaban J connectivity index is 1.14. The molecular formula is C21H19N3O6S. The van der Waals surface area contributed by atoms with E-state index in [1.54, 1.807) is 24.1 Å². The third kappa shape index (κ3) is 4.24. The fourth-order valence-corrected chi connectivity index (χ4v) is 3.91. The highest BCUT2D eigenvalue weighted by Gasteiger charge is 2.24. The predicted octanol–water partition coefficient (Wildman–Crippen LogP) is 2.86. The Labute approximate surface area is 182 Å². The maximum absolute atomic E-state index is 12.5. The van der Waals surface area contributed by atoms with Gasteiger partial charge >= 0.3 is 0 Å². The van der Waals surface area contributed by atoms with Crippen molar-refractivity contribution in [1.82, 2.24) is 15.1 Å². The van der Waals surface area contributed by atoms with E-state index in [2.05, 4.69) is 10.2 Å². The normalized spacial score (nSPS) is 16.2. The van der Waals surface area contributed by atoms with E-state index in [9.17, 15) is 4.79 Å². The van der Waals surface area contributed by atoms with Crippen LogP contribution in [0.5, 0.6) is 23.0 Å². The van der Waals surface area contributed by atoms with E-state index in [0.717, 1.165) is 11.3 Å². The molecule has 31 heavy (non-hydrogen) atoms. The van der Waals surface area contributed by atoms with Gasteiger partial charge in [-0.1, -0.05) is 23.9 Å². The lowest BCUT2D eigenvalue weighted by Crippen LogP contribution is -2.42. The molecule has 1 amide bonds. The lowest BCUT2D eigenvalue weighted by Gasteiger charge is -2.29. The average molecular weight is 441 g/mol. The quantitative estimate of drug-likeness (QED) is 0.535. The number of fused-ring (bicyclic) bond motifs is 2. The highest BCUT2D eigenvalue weighted by atomic mass is 32.2. The number of nitrogens with zero attached hydrogens (tertiary/aromatic N) is 3. The van der Waals surface area contributed by atoms with Crippen LogP contribution in [0.4, 0.5) is 0 Å². The van der Waals surface area contributed by atoms with Crippen molar-refractivity contribution >= 4 is 17.7 Å². The molecule has 1 atom stereocenters.